The Morgan fingerprint density at radius 2 is 1.59 bits per heavy atom. The number of hydrogen-bond acceptors (Lipinski definition) is 5. The summed E-state index contributed by atoms with van der Waals surface area (Å²) >= 11 is 0. The maximum atomic E-state index is 13.8. The van der Waals surface area contributed by atoms with Gasteiger partial charge in [-0.2, -0.15) is 0 Å². The number of benzene rings is 4. The van der Waals surface area contributed by atoms with Gasteiger partial charge in [-0.3, -0.25) is 9.59 Å². The van der Waals surface area contributed by atoms with Crippen LogP contribution in [0.5, 0.6) is 0 Å². The van der Waals surface area contributed by atoms with Gasteiger partial charge in [0, 0.05) is 26.6 Å². The molecule has 0 aromatic heterocycles. The van der Waals surface area contributed by atoms with Crippen LogP contribution >= 0.6 is 0 Å². The molecule has 0 radical (unpaired) electrons. The van der Waals surface area contributed by atoms with Crippen molar-refractivity contribution in [3.05, 3.63) is 114 Å². The SMILES string of the molecule is COC(=O)c1ccccc1NC(=O)N1CCC[C@H]1C(=O)N[C@@H](Cc1ccc2ccccc2c1)C(=O)N(C)Cc1ccccc1. The number of methoxy groups -OCH3 is 1. The van der Waals surface area contributed by atoms with Crippen molar-refractivity contribution in [3.63, 3.8) is 0 Å². The fourth-order valence-corrected chi connectivity index (χ4v) is 5.62. The average Bonchev–Trinajstić information content (AvgIpc) is 3.55. The zero-order chi connectivity index (χ0) is 31.1. The number of anilines is 1. The number of urea groups is 1. The molecule has 2 atom stereocenters. The molecule has 2 N–H and O–H groups in total. The highest BCUT2D eigenvalue weighted by molar-refractivity contribution is 6.02. The molecule has 1 heterocycles. The second-order valence-corrected chi connectivity index (χ2v) is 10.9. The first-order valence-electron chi connectivity index (χ1n) is 14.7. The molecule has 9 heteroatoms. The van der Waals surface area contributed by atoms with Crippen LogP contribution < -0.4 is 10.6 Å². The number of carbonyl (C=O) groups excluding carboxylic acids is 4. The number of hydrogen-bond donors (Lipinski definition) is 2. The van der Waals surface area contributed by atoms with Gasteiger partial charge in [0.25, 0.3) is 0 Å². The van der Waals surface area contributed by atoms with Gasteiger partial charge in [-0.1, -0.05) is 84.9 Å². The number of ether oxygens (including phenoxy) is 1. The van der Waals surface area contributed by atoms with E-state index in [1.165, 1.54) is 12.0 Å². The molecule has 0 aliphatic carbocycles. The Labute approximate surface area is 256 Å². The molecule has 1 saturated heterocycles. The minimum Gasteiger partial charge on any atom is -0.465 e. The van der Waals surface area contributed by atoms with Gasteiger partial charge in [0.2, 0.25) is 11.8 Å². The van der Waals surface area contributed by atoms with E-state index in [9.17, 15) is 19.2 Å². The summed E-state index contributed by atoms with van der Waals surface area (Å²) in [5, 5.41) is 7.88. The monoisotopic (exact) mass is 592 g/mol. The number of likely N-dealkylation sites (N-methyl/N-ethyl adjacent to an activating group) is 1. The van der Waals surface area contributed by atoms with Crippen molar-refractivity contribution in [2.24, 2.45) is 0 Å². The highest BCUT2D eigenvalue weighted by Crippen LogP contribution is 2.23. The number of para-hydroxylation sites is 1. The van der Waals surface area contributed by atoms with E-state index < -0.39 is 30.0 Å². The van der Waals surface area contributed by atoms with E-state index in [1.807, 2.05) is 72.8 Å². The summed E-state index contributed by atoms with van der Waals surface area (Å²) < 4.78 is 4.83. The van der Waals surface area contributed by atoms with E-state index >= 15 is 0 Å². The second kappa shape index (κ2) is 13.9. The molecule has 1 aliphatic rings. The Kier molecular flexibility index (Phi) is 9.54. The maximum absolute atomic E-state index is 13.8. The number of esters is 1. The van der Waals surface area contributed by atoms with Crippen molar-refractivity contribution in [1.82, 2.24) is 15.1 Å². The van der Waals surface area contributed by atoms with Gasteiger partial charge in [-0.25, -0.2) is 9.59 Å². The van der Waals surface area contributed by atoms with Gasteiger partial charge < -0.3 is 25.2 Å². The lowest BCUT2D eigenvalue weighted by atomic mass is 10.00. The van der Waals surface area contributed by atoms with Crippen LogP contribution in [0.4, 0.5) is 10.5 Å². The van der Waals surface area contributed by atoms with Crippen LogP contribution in [0.15, 0.2) is 97.1 Å². The molecule has 1 aliphatic heterocycles. The molecule has 4 aromatic rings. The Morgan fingerprint density at radius 1 is 0.886 bits per heavy atom. The number of nitrogens with zero attached hydrogens (tertiary/aromatic N) is 2. The van der Waals surface area contributed by atoms with Crippen molar-refractivity contribution in [2.75, 3.05) is 26.0 Å². The summed E-state index contributed by atoms with van der Waals surface area (Å²) in [6, 6.07) is 28.1. The van der Waals surface area contributed by atoms with E-state index in [0.29, 0.717) is 38.0 Å². The molecule has 0 saturated carbocycles. The smallest absolute Gasteiger partial charge is 0.339 e. The molecule has 0 spiro atoms. The third kappa shape index (κ3) is 7.06. The van der Waals surface area contributed by atoms with Crippen molar-refractivity contribution < 1.29 is 23.9 Å². The third-order valence-electron chi connectivity index (χ3n) is 7.90. The van der Waals surface area contributed by atoms with Gasteiger partial charge in [0.05, 0.1) is 18.4 Å². The topological polar surface area (TPSA) is 108 Å². The van der Waals surface area contributed by atoms with Crippen LogP contribution in [0, 0.1) is 0 Å². The van der Waals surface area contributed by atoms with E-state index in [2.05, 4.69) is 10.6 Å². The predicted molar refractivity (Wildman–Crippen MR) is 169 cm³/mol. The predicted octanol–water partition coefficient (Wildman–Crippen LogP) is 5.01. The zero-order valence-corrected chi connectivity index (χ0v) is 24.9. The maximum Gasteiger partial charge on any atom is 0.339 e. The van der Waals surface area contributed by atoms with E-state index in [0.717, 1.165) is 21.9 Å². The first kappa shape index (κ1) is 30.3. The van der Waals surface area contributed by atoms with E-state index in [1.54, 1.807) is 36.2 Å². The van der Waals surface area contributed by atoms with Crippen LogP contribution in [0.3, 0.4) is 0 Å². The lowest BCUT2D eigenvalue weighted by Gasteiger charge is -2.29. The fraction of sp³-hybridized carbons (Fsp3) is 0.257. The van der Waals surface area contributed by atoms with Gasteiger partial charge >= 0.3 is 12.0 Å². The molecule has 44 heavy (non-hydrogen) atoms. The lowest BCUT2D eigenvalue weighted by molar-refractivity contribution is -0.136. The summed E-state index contributed by atoms with van der Waals surface area (Å²) in [5.41, 5.74) is 2.40. The lowest BCUT2D eigenvalue weighted by Crippen LogP contribution is -2.54. The van der Waals surface area contributed by atoms with E-state index in [-0.39, 0.29) is 11.5 Å². The van der Waals surface area contributed by atoms with Gasteiger partial charge in [0.1, 0.15) is 12.1 Å². The Bertz CT molecular complexity index is 1660. The number of fused-ring (bicyclic) bond motifs is 1. The first-order chi connectivity index (χ1) is 21.3. The first-order valence-corrected chi connectivity index (χ1v) is 14.7. The number of likely N-dealkylation sites (tertiary alicyclic amines) is 1. The molecule has 9 nitrogen and oxygen atoms in total. The standard InChI is InChI=1S/C35H36N4O5/c1-38(23-24-11-4-3-5-12-24)33(41)30(22-25-18-19-26-13-6-7-14-27(26)21-25)36-32(40)31-17-10-20-39(31)35(43)37-29-16-9-8-15-28(29)34(42)44-2/h3-9,11-16,18-19,21,30-31H,10,17,20,22-23H2,1-2H3,(H,36,40)(H,37,43)/t30-,31-/m0/s1. The zero-order valence-electron chi connectivity index (χ0n) is 24.9. The summed E-state index contributed by atoms with van der Waals surface area (Å²) in [7, 11) is 3.00. The molecule has 226 valence electrons. The molecule has 0 bridgehead atoms. The molecular formula is C35H36N4O5. The van der Waals surface area contributed by atoms with Crippen molar-refractivity contribution in [2.45, 2.75) is 37.9 Å². The number of rotatable bonds is 9. The molecule has 4 amide bonds. The van der Waals surface area contributed by atoms with E-state index in [4.69, 9.17) is 4.74 Å². The summed E-state index contributed by atoms with van der Waals surface area (Å²) in [6.45, 7) is 0.753. The highest BCUT2D eigenvalue weighted by Gasteiger charge is 2.37. The Hall–Kier alpha value is -5.18. The molecule has 1 fully saturated rings. The summed E-state index contributed by atoms with van der Waals surface area (Å²) in [6.07, 6.45) is 1.37. The highest BCUT2D eigenvalue weighted by atomic mass is 16.5. The quantitative estimate of drug-likeness (QED) is 0.266. The Balaban J connectivity index is 1.34. The Morgan fingerprint density at radius 3 is 2.36 bits per heavy atom. The van der Waals surface area contributed by atoms with Crippen LogP contribution in [-0.4, -0.2) is 66.4 Å². The minimum atomic E-state index is -0.845. The normalized spacial score (nSPS) is 15.0. The summed E-state index contributed by atoms with van der Waals surface area (Å²) in [4.78, 5) is 56.2. The van der Waals surface area contributed by atoms with Crippen molar-refractivity contribution in [1.29, 1.82) is 0 Å². The third-order valence-corrected chi connectivity index (χ3v) is 7.90. The number of amides is 4. The van der Waals surface area contributed by atoms with Gasteiger partial charge in [-0.15, -0.1) is 0 Å². The van der Waals surface area contributed by atoms with Crippen LogP contribution in [0.2, 0.25) is 0 Å². The van der Waals surface area contributed by atoms with Gasteiger partial charge in [-0.05, 0) is 46.9 Å². The van der Waals surface area contributed by atoms with Gasteiger partial charge in [0.15, 0.2) is 0 Å². The fourth-order valence-electron chi connectivity index (χ4n) is 5.62. The number of nitrogens with one attached hydrogen (secondary N) is 2. The van der Waals surface area contributed by atoms with Crippen molar-refractivity contribution in [3.8, 4) is 0 Å². The number of carbonyl (C=O) groups is 4. The van der Waals surface area contributed by atoms with Crippen LogP contribution in [-0.2, 0) is 27.3 Å². The molecule has 5 rings (SSSR count). The average molecular weight is 593 g/mol. The minimum absolute atomic E-state index is 0.214. The van der Waals surface area contributed by atoms with Crippen LogP contribution in [0.1, 0.15) is 34.3 Å². The van der Waals surface area contributed by atoms with Crippen molar-refractivity contribution >= 4 is 40.3 Å². The second-order valence-electron chi connectivity index (χ2n) is 10.9. The molecular weight excluding hydrogens is 556 g/mol. The molecule has 4 aromatic carbocycles. The summed E-state index contributed by atoms with van der Waals surface area (Å²) in [5.74, 6) is -1.20. The van der Waals surface area contributed by atoms with Crippen LogP contribution in [0.25, 0.3) is 10.8 Å². The largest absolute Gasteiger partial charge is 0.465 e. The molecule has 0 unspecified atom stereocenters.